The number of nitrogens with two attached hydrogens (primary N) is 1. The van der Waals surface area contributed by atoms with Crippen LogP contribution in [0.3, 0.4) is 0 Å². The third-order valence-electron chi connectivity index (χ3n) is 10.0. The van der Waals surface area contributed by atoms with Crippen LogP contribution in [0, 0.1) is 41.5 Å². The number of nitrogens with one attached hydrogen (secondary N) is 4. The standard InChI is InChI=1S/C42H42N6O11S2/c1-20-15-22(3)39(47-41(43)51)24(5)37(20)45-26-11-12-27-31(17-26)59-32-19-30(46-38-21(2)16-23(4)40(25(38)6)48-42(52)44-14-13-35(49)50)34(61(56,57)58)18-29(32)36(27)28-9-7-8-10-33(28)60(53,54)55/h7-12,15-19,45H,13-14H2,1-6H3,(H,49,50)(H3,43,47,51)(H2,44,48,52)(H,53,54,55)(H,56,57,58)/b46-30-. The molecule has 19 heteroatoms. The molecule has 9 N–H and O–H groups in total. The van der Waals surface area contributed by atoms with Gasteiger partial charge in [-0.15, -0.1) is 0 Å². The van der Waals surface area contributed by atoms with Gasteiger partial charge in [0, 0.05) is 52.1 Å². The van der Waals surface area contributed by atoms with E-state index in [0.717, 1.165) is 17.2 Å². The average molecular weight is 871 g/mol. The molecule has 0 saturated heterocycles. The summed E-state index contributed by atoms with van der Waals surface area (Å²) < 4.78 is 79.3. The number of carboxylic acid groups (broad SMARTS) is 1. The molecule has 6 rings (SSSR count). The van der Waals surface area contributed by atoms with Gasteiger partial charge < -0.3 is 36.5 Å². The third kappa shape index (κ3) is 9.19. The summed E-state index contributed by atoms with van der Waals surface area (Å²) in [7, 11) is -9.90. The van der Waals surface area contributed by atoms with Crippen LogP contribution >= 0.6 is 0 Å². The zero-order valence-electron chi connectivity index (χ0n) is 33.7. The summed E-state index contributed by atoms with van der Waals surface area (Å²) in [6.07, 6.45) is -0.301. The van der Waals surface area contributed by atoms with Gasteiger partial charge in [0.1, 0.15) is 21.1 Å². The van der Waals surface area contributed by atoms with Gasteiger partial charge in [-0.25, -0.2) is 14.6 Å². The molecule has 0 radical (unpaired) electrons. The molecular formula is C42H42N6O11S2. The minimum Gasteiger partial charge on any atom is -0.481 e. The van der Waals surface area contributed by atoms with Crippen LogP contribution in [-0.2, 0) is 25.0 Å². The second-order valence-corrected chi connectivity index (χ2v) is 17.2. The van der Waals surface area contributed by atoms with Crippen LogP contribution in [-0.4, -0.2) is 55.6 Å². The lowest BCUT2D eigenvalue weighted by Crippen LogP contribution is -2.31. The Morgan fingerprint density at radius 2 is 1.34 bits per heavy atom. The molecule has 1 heterocycles. The number of hydrogen-bond acceptors (Lipinski definition) is 10. The van der Waals surface area contributed by atoms with E-state index in [1.165, 1.54) is 30.3 Å². The van der Waals surface area contributed by atoms with E-state index in [1.807, 2.05) is 26.8 Å². The number of carboxylic acids is 1. The maximum atomic E-state index is 13.2. The summed E-state index contributed by atoms with van der Waals surface area (Å²) in [5.41, 5.74) is 12.0. The number of carbonyl (C=O) groups excluding carboxylic acids is 2. The number of anilines is 4. The molecule has 61 heavy (non-hydrogen) atoms. The smallest absolute Gasteiger partial charge is 0.319 e. The molecule has 0 fully saturated rings. The number of hydrogen-bond donors (Lipinski definition) is 8. The summed E-state index contributed by atoms with van der Waals surface area (Å²) in [5, 5.41) is 20.2. The zero-order valence-corrected chi connectivity index (χ0v) is 35.3. The molecule has 318 valence electrons. The van der Waals surface area contributed by atoms with Crippen molar-refractivity contribution >= 4 is 77.7 Å². The molecule has 17 nitrogen and oxygen atoms in total. The SMILES string of the molecule is Cc1cc(C)c(NC(=O)NCCC(=O)O)c(C)c1/N=c1/cc2oc3cc(Nc4c(C)cc(C)c(NC(N)=O)c4C)ccc3c(-c3ccccc3S(=O)(=O)O)c-2cc1S(=O)(=O)O. The average Bonchev–Trinajstić information content (AvgIpc) is 3.16. The van der Waals surface area contributed by atoms with E-state index in [1.54, 1.807) is 45.0 Å². The Balaban J connectivity index is 1.63. The van der Waals surface area contributed by atoms with Crippen LogP contribution in [0.15, 0.2) is 85.9 Å². The number of rotatable bonds is 11. The Kier molecular flexibility index (Phi) is 12.0. The zero-order chi connectivity index (χ0) is 44.7. The molecule has 0 saturated carbocycles. The van der Waals surface area contributed by atoms with Gasteiger partial charge in [0.05, 0.1) is 28.8 Å². The number of fused-ring (bicyclic) bond motifs is 2. The van der Waals surface area contributed by atoms with Gasteiger partial charge in [0.25, 0.3) is 20.2 Å². The first-order chi connectivity index (χ1) is 28.5. The highest BCUT2D eigenvalue weighted by Crippen LogP contribution is 2.44. The Morgan fingerprint density at radius 3 is 1.98 bits per heavy atom. The highest BCUT2D eigenvalue weighted by atomic mass is 32.2. The number of aliphatic carboxylic acids is 1. The molecule has 0 aromatic heterocycles. The van der Waals surface area contributed by atoms with Crippen molar-refractivity contribution < 1.29 is 49.8 Å². The van der Waals surface area contributed by atoms with E-state index in [-0.39, 0.29) is 52.0 Å². The van der Waals surface area contributed by atoms with Gasteiger partial charge in [0.15, 0.2) is 0 Å². The predicted octanol–water partition coefficient (Wildman–Crippen LogP) is 7.61. The fourth-order valence-electron chi connectivity index (χ4n) is 7.40. The van der Waals surface area contributed by atoms with Gasteiger partial charge in [-0.3, -0.25) is 13.9 Å². The van der Waals surface area contributed by atoms with Crippen LogP contribution in [0.25, 0.3) is 33.4 Å². The van der Waals surface area contributed by atoms with Crippen molar-refractivity contribution in [1.82, 2.24) is 5.32 Å². The number of benzene rings is 5. The molecule has 4 amide bonds. The van der Waals surface area contributed by atoms with E-state index in [0.29, 0.717) is 50.4 Å². The molecule has 0 unspecified atom stereocenters. The van der Waals surface area contributed by atoms with Crippen LogP contribution in [0.2, 0.25) is 0 Å². The normalized spacial score (nSPS) is 12.1. The number of nitrogens with zero attached hydrogens (tertiary/aromatic N) is 1. The van der Waals surface area contributed by atoms with Crippen LogP contribution in [0.5, 0.6) is 0 Å². The fourth-order valence-corrected chi connectivity index (χ4v) is 8.74. The summed E-state index contributed by atoms with van der Waals surface area (Å²) in [5.74, 6) is -1.09. The van der Waals surface area contributed by atoms with Crippen molar-refractivity contribution in [3.63, 3.8) is 0 Å². The molecule has 0 bridgehead atoms. The molecule has 0 spiro atoms. The van der Waals surface area contributed by atoms with Crippen molar-refractivity contribution in [1.29, 1.82) is 0 Å². The Morgan fingerprint density at radius 1 is 0.721 bits per heavy atom. The van der Waals surface area contributed by atoms with E-state index in [9.17, 15) is 40.3 Å². The molecular weight excluding hydrogens is 829 g/mol. The van der Waals surface area contributed by atoms with Gasteiger partial charge in [-0.1, -0.05) is 30.3 Å². The number of primary amides is 1. The molecule has 1 aliphatic heterocycles. The van der Waals surface area contributed by atoms with E-state index in [4.69, 9.17) is 15.3 Å². The topological polar surface area (TPSA) is 280 Å². The maximum absolute atomic E-state index is 13.2. The summed E-state index contributed by atoms with van der Waals surface area (Å²) >= 11 is 0. The van der Waals surface area contributed by atoms with Gasteiger partial charge >= 0.3 is 18.0 Å². The van der Waals surface area contributed by atoms with Crippen LogP contribution in [0.4, 0.5) is 38.0 Å². The lowest BCUT2D eigenvalue weighted by atomic mass is 9.93. The molecule has 0 atom stereocenters. The molecule has 4 aromatic rings. The molecule has 4 aromatic carbocycles. The monoisotopic (exact) mass is 870 g/mol. The van der Waals surface area contributed by atoms with Crippen molar-refractivity contribution in [2.45, 2.75) is 57.8 Å². The first-order valence-corrected chi connectivity index (χ1v) is 21.4. The Labute approximate surface area is 350 Å². The largest absolute Gasteiger partial charge is 0.481 e. The quantitative estimate of drug-likeness (QED) is 0.0461. The predicted molar refractivity (Wildman–Crippen MR) is 230 cm³/mol. The number of carbonyl (C=O) groups is 3. The Bertz CT molecular complexity index is 3090. The third-order valence-corrected chi connectivity index (χ3v) is 11.8. The van der Waals surface area contributed by atoms with Crippen LogP contribution < -0.4 is 32.4 Å². The van der Waals surface area contributed by atoms with Crippen molar-refractivity contribution in [3.05, 3.63) is 105 Å². The van der Waals surface area contributed by atoms with E-state index in [2.05, 4.69) is 26.3 Å². The number of aryl methyl sites for hydroxylation is 4. The summed E-state index contributed by atoms with van der Waals surface area (Å²) in [4.78, 5) is 39.0. The van der Waals surface area contributed by atoms with E-state index >= 15 is 0 Å². The second-order valence-electron chi connectivity index (χ2n) is 14.4. The van der Waals surface area contributed by atoms with E-state index < -0.39 is 48.1 Å². The minimum absolute atomic E-state index is 0.00236. The lowest BCUT2D eigenvalue weighted by molar-refractivity contribution is -0.136. The van der Waals surface area contributed by atoms with Crippen molar-refractivity contribution in [2.75, 3.05) is 22.5 Å². The van der Waals surface area contributed by atoms with Crippen molar-refractivity contribution in [2.24, 2.45) is 10.7 Å². The minimum atomic E-state index is -5.05. The highest BCUT2D eigenvalue weighted by Gasteiger charge is 2.27. The molecule has 2 aliphatic rings. The molecule has 1 aliphatic carbocycles. The van der Waals surface area contributed by atoms with Crippen LogP contribution in [0.1, 0.15) is 39.8 Å². The lowest BCUT2D eigenvalue weighted by Gasteiger charge is -2.20. The Hall–Kier alpha value is -6.80. The van der Waals surface area contributed by atoms with Crippen molar-refractivity contribution in [3.8, 4) is 22.5 Å². The maximum Gasteiger partial charge on any atom is 0.319 e. The summed E-state index contributed by atoms with van der Waals surface area (Å²) in [6, 6.07) is 15.1. The highest BCUT2D eigenvalue weighted by molar-refractivity contribution is 7.86. The first kappa shape index (κ1) is 43.8. The number of urea groups is 2. The summed E-state index contributed by atoms with van der Waals surface area (Å²) in [6.45, 7) is 10.5. The first-order valence-electron chi connectivity index (χ1n) is 18.5. The van der Waals surface area contributed by atoms with Gasteiger partial charge in [-0.05, 0) is 99.2 Å². The number of amides is 4. The van der Waals surface area contributed by atoms with Gasteiger partial charge in [0.2, 0.25) is 0 Å². The second kappa shape index (κ2) is 16.7. The fraction of sp³-hybridized carbons (Fsp3) is 0.190. The van der Waals surface area contributed by atoms with Gasteiger partial charge in [-0.2, -0.15) is 16.8 Å².